The van der Waals surface area contributed by atoms with Gasteiger partial charge in [-0.05, 0) is 24.1 Å². The molecule has 3 N–H and O–H groups in total. The van der Waals surface area contributed by atoms with Crippen molar-refractivity contribution in [1.82, 2.24) is 4.98 Å². The van der Waals surface area contributed by atoms with E-state index in [0.717, 1.165) is 56.2 Å². The van der Waals surface area contributed by atoms with Gasteiger partial charge in [-0.3, -0.25) is 0 Å². The first kappa shape index (κ1) is 14.1. The molecule has 0 radical (unpaired) electrons. The second-order valence-electron chi connectivity index (χ2n) is 5.34. The maximum absolute atomic E-state index is 5.65. The Kier molecular flexibility index (Phi) is 4.22. The number of morpholine rings is 1. The number of nitrogens with zero attached hydrogens (tertiary/aromatic N) is 2. The summed E-state index contributed by atoms with van der Waals surface area (Å²) >= 11 is 0. The van der Waals surface area contributed by atoms with Crippen molar-refractivity contribution in [2.24, 2.45) is 5.84 Å². The number of ether oxygens (including phenoxy) is 1. The highest BCUT2D eigenvalue weighted by Crippen LogP contribution is 2.29. The molecule has 1 aliphatic rings. The van der Waals surface area contributed by atoms with Crippen molar-refractivity contribution < 1.29 is 4.74 Å². The number of benzene rings is 1. The fraction of sp³-hybridized carbons (Fsp3) is 0.438. The van der Waals surface area contributed by atoms with Crippen LogP contribution in [0.1, 0.15) is 18.9 Å². The topological polar surface area (TPSA) is 63.4 Å². The van der Waals surface area contributed by atoms with E-state index in [0.29, 0.717) is 0 Å². The van der Waals surface area contributed by atoms with Gasteiger partial charge in [-0.2, -0.15) is 0 Å². The molecule has 2 heterocycles. The smallest absolute Gasteiger partial charge is 0.143 e. The van der Waals surface area contributed by atoms with Gasteiger partial charge in [0.15, 0.2) is 0 Å². The van der Waals surface area contributed by atoms with Crippen LogP contribution >= 0.6 is 0 Å². The fourth-order valence-corrected chi connectivity index (χ4v) is 2.87. The van der Waals surface area contributed by atoms with Crippen molar-refractivity contribution in [1.29, 1.82) is 0 Å². The first-order valence-corrected chi connectivity index (χ1v) is 7.55. The van der Waals surface area contributed by atoms with Crippen LogP contribution in [0.2, 0.25) is 0 Å². The molecule has 0 atom stereocenters. The Bertz CT molecular complexity index is 623. The van der Waals surface area contributed by atoms with E-state index in [9.17, 15) is 0 Å². The third-order valence-electron chi connectivity index (χ3n) is 3.91. The lowest BCUT2D eigenvalue weighted by molar-refractivity contribution is 0.123. The van der Waals surface area contributed by atoms with Crippen LogP contribution in [0.25, 0.3) is 10.9 Å². The molecule has 0 unspecified atom stereocenters. The number of hydrogen-bond acceptors (Lipinski definition) is 5. The lowest BCUT2D eigenvalue weighted by atomic mass is 10.1. The maximum atomic E-state index is 5.65. The quantitative estimate of drug-likeness (QED) is 0.667. The second-order valence-corrected chi connectivity index (χ2v) is 5.34. The first-order valence-electron chi connectivity index (χ1n) is 7.55. The fourth-order valence-electron chi connectivity index (χ4n) is 2.87. The van der Waals surface area contributed by atoms with Crippen LogP contribution in [-0.2, 0) is 11.2 Å². The average Bonchev–Trinajstić information content (AvgIpc) is 2.54. The molecule has 5 heteroatoms. The normalized spacial score (nSPS) is 15.4. The highest BCUT2D eigenvalue weighted by molar-refractivity contribution is 5.92. The molecule has 0 aliphatic carbocycles. The largest absolute Gasteiger partial charge is 0.378 e. The maximum Gasteiger partial charge on any atom is 0.143 e. The molecule has 0 bridgehead atoms. The van der Waals surface area contributed by atoms with Crippen LogP contribution in [0, 0.1) is 0 Å². The van der Waals surface area contributed by atoms with Gasteiger partial charge >= 0.3 is 0 Å². The summed E-state index contributed by atoms with van der Waals surface area (Å²) < 4.78 is 5.43. The van der Waals surface area contributed by atoms with Gasteiger partial charge in [-0.15, -0.1) is 0 Å². The van der Waals surface area contributed by atoms with Crippen molar-refractivity contribution in [2.75, 3.05) is 36.6 Å². The molecule has 2 aromatic rings. The third-order valence-corrected chi connectivity index (χ3v) is 3.91. The van der Waals surface area contributed by atoms with Gasteiger partial charge in [0.1, 0.15) is 5.82 Å². The predicted octanol–water partition coefficient (Wildman–Crippen LogP) is 2.31. The monoisotopic (exact) mass is 286 g/mol. The Morgan fingerprint density at radius 3 is 2.86 bits per heavy atom. The highest BCUT2D eigenvalue weighted by Gasteiger charge is 2.16. The van der Waals surface area contributed by atoms with Gasteiger partial charge in [-0.1, -0.05) is 25.5 Å². The van der Waals surface area contributed by atoms with Crippen LogP contribution in [-0.4, -0.2) is 31.3 Å². The van der Waals surface area contributed by atoms with E-state index in [1.165, 1.54) is 10.9 Å². The second kappa shape index (κ2) is 6.28. The van der Waals surface area contributed by atoms with Gasteiger partial charge in [0, 0.05) is 18.5 Å². The number of aromatic nitrogens is 1. The molecule has 5 nitrogen and oxygen atoms in total. The standard InChI is InChI=1S/C16H22N4O/c1-2-4-13-11-12-5-3-6-14(15(12)18-16(13)19-17)20-7-9-21-10-8-20/h3,5-6,11H,2,4,7-10,17H2,1H3,(H,18,19). The molecule has 0 spiro atoms. The Morgan fingerprint density at radius 1 is 1.33 bits per heavy atom. The Hall–Kier alpha value is -1.85. The van der Waals surface area contributed by atoms with Gasteiger partial charge in [-0.25, -0.2) is 10.8 Å². The Labute approximate surface area is 125 Å². The summed E-state index contributed by atoms with van der Waals surface area (Å²) in [6, 6.07) is 8.54. The summed E-state index contributed by atoms with van der Waals surface area (Å²) in [5.74, 6) is 6.44. The van der Waals surface area contributed by atoms with Crippen molar-refractivity contribution in [2.45, 2.75) is 19.8 Å². The zero-order valence-electron chi connectivity index (χ0n) is 12.4. The molecule has 1 aliphatic heterocycles. The molecule has 3 rings (SSSR count). The number of nitrogens with one attached hydrogen (secondary N) is 1. The lowest BCUT2D eigenvalue weighted by Crippen LogP contribution is -2.36. The number of aryl methyl sites for hydroxylation is 1. The minimum absolute atomic E-state index is 0.770. The van der Waals surface area contributed by atoms with Crippen molar-refractivity contribution in [3.63, 3.8) is 0 Å². The van der Waals surface area contributed by atoms with E-state index in [1.54, 1.807) is 0 Å². The highest BCUT2D eigenvalue weighted by atomic mass is 16.5. The minimum Gasteiger partial charge on any atom is -0.378 e. The van der Waals surface area contributed by atoms with Crippen molar-refractivity contribution in [3.05, 3.63) is 29.8 Å². The molecule has 21 heavy (non-hydrogen) atoms. The zero-order valence-corrected chi connectivity index (χ0v) is 12.4. The SMILES string of the molecule is CCCc1cc2cccc(N3CCOCC3)c2nc1NN. The number of para-hydroxylation sites is 1. The number of pyridine rings is 1. The number of rotatable bonds is 4. The molecule has 0 saturated carbocycles. The van der Waals surface area contributed by atoms with Gasteiger partial charge in [0.2, 0.25) is 0 Å². The summed E-state index contributed by atoms with van der Waals surface area (Å²) in [5.41, 5.74) is 6.09. The molecule has 112 valence electrons. The summed E-state index contributed by atoms with van der Waals surface area (Å²) in [6.07, 6.45) is 2.05. The number of fused-ring (bicyclic) bond motifs is 1. The molecule has 1 saturated heterocycles. The molecule has 0 amide bonds. The first-order chi connectivity index (χ1) is 10.3. The van der Waals surface area contributed by atoms with Crippen molar-refractivity contribution >= 4 is 22.4 Å². The van der Waals surface area contributed by atoms with Gasteiger partial charge in [0.05, 0.1) is 24.4 Å². The minimum atomic E-state index is 0.770. The number of hydrogen-bond donors (Lipinski definition) is 2. The van der Waals surface area contributed by atoms with E-state index in [4.69, 9.17) is 15.6 Å². The summed E-state index contributed by atoms with van der Waals surface area (Å²) in [7, 11) is 0. The van der Waals surface area contributed by atoms with Gasteiger partial charge in [0.25, 0.3) is 0 Å². The number of hydrazine groups is 1. The van der Waals surface area contributed by atoms with Crippen LogP contribution in [0.5, 0.6) is 0 Å². The molecule has 1 fully saturated rings. The Balaban J connectivity index is 2.09. The molecular formula is C16H22N4O. The molecule has 1 aromatic heterocycles. The number of nitrogens with two attached hydrogens (primary N) is 1. The van der Waals surface area contributed by atoms with E-state index in [2.05, 4.69) is 41.5 Å². The summed E-state index contributed by atoms with van der Waals surface area (Å²) in [6.45, 7) is 5.51. The van der Waals surface area contributed by atoms with E-state index in [1.807, 2.05) is 0 Å². The lowest BCUT2D eigenvalue weighted by Gasteiger charge is -2.29. The Morgan fingerprint density at radius 2 is 2.14 bits per heavy atom. The third kappa shape index (κ3) is 2.80. The summed E-state index contributed by atoms with van der Waals surface area (Å²) in [5, 5.41) is 1.17. The van der Waals surface area contributed by atoms with Gasteiger partial charge < -0.3 is 15.1 Å². The zero-order chi connectivity index (χ0) is 14.7. The van der Waals surface area contributed by atoms with Crippen LogP contribution < -0.4 is 16.2 Å². The van der Waals surface area contributed by atoms with Crippen LogP contribution in [0.15, 0.2) is 24.3 Å². The molecule has 1 aromatic carbocycles. The van der Waals surface area contributed by atoms with E-state index in [-0.39, 0.29) is 0 Å². The average molecular weight is 286 g/mol. The summed E-state index contributed by atoms with van der Waals surface area (Å²) in [4.78, 5) is 7.10. The van der Waals surface area contributed by atoms with Crippen molar-refractivity contribution in [3.8, 4) is 0 Å². The van der Waals surface area contributed by atoms with E-state index < -0.39 is 0 Å². The van der Waals surface area contributed by atoms with E-state index >= 15 is 0 Å². The van der Waals surface area contributed by atoms with Crippen LogP contribution in [0.4, 0.5) is 11.5 Å². The molecular weight excluding hydrogens is 264 g/mol. The van der Waals surface area contributed by atoms with Crippen LogP contribution in [0.3, 0.4) is 0 Å². The number of anilines is 2. The number of nitrogen functional groups attached to an aromatic ring is 1. The predicted molar refractivity (Wildman–Crippen MR) is 86.6 cm³/mol.